The highest BCUT2D eigenvalue weighted by Gasteiger charge is 2.33. The molecule has 2 unspecified atom stereocenters. The second kappa shape index (κ2) is 7.61. The fraction of sp³-hybridized carbons (Fsp3) is 1.00. The summed E-state index contributed by atoms with van der Waals surface area (Å²) in [6.45, 7) is 17.5. The van der Waals surface area contributed by atoms with Gasteiger partial charge in [0.05, 0.1) is 0 Å². The van der Waals surface area contributed by atoms with Crippen LogP contribution in [0.5, 0.6) is 0 Å². The first-order valence-corrected chi connectivity index (χ1v) is 8.13. The molecule has 0 spiro atoms. The quantitative estimate of drug-likeness (QED) is 0.766. The molecule has 19 heavy (non-hydrogen) atoms. The van der Waals surface area contributed by atoms with Gasteiger partial charge in [-0.05, 0) is 45.7 Å². The van der Waals surface area contributed by atoms with Crippen LogP contribution in [0.3, 0.4) is 0 Å². The Morgan fingerprint density at radius 1 is 1.05 bits per heavy atom. The van der Waals surface area contributed by atoms with Gasteiger partial charge >= 0.3 is 0 Å². The number of rotatable bonds is 7. The Balaban J connectivity index is 2.63. The Morgan fingerprint density at radius 2 is 1.58 bits per heavy atom. The lowest BCUT2D eigenvalue weighted by atomic mass is 9.81. The van der Waals surface area contributed by atoms with Gasteiger partial charge in [0.25, 0.3) is 0 Å². The molecule has 2 atom stereocenters. The monoisotopic (exact) mass is 269 g/mol. The van der Waals surface area contributed by atoms with Crippen molar-refractivity contribution in [2.75, 3.05) is 39.8 Å². The van der Waals surface area contributed by atoms with Crippen LogP contribution >= 0.6 is 0 Å². The zero-order valence-corrected chi connectivity index (χ0v) is 14.0. The van der Waals surface area contributed by atoms with Crippen LogP contribution in [0.15, 0.2) is 0 Å². The Hall–Kier alpha value is -0.120. The fourth-order valence-corrected chi connectivity index (χ4v) is 3.29. The number of hydrogen-bond acceptors (Lipinski definition) is 3. The summed E-state index contributed by atoms with van der Waals surface area (Å²) in [7, 11) is 2.26. The first-order valence-electron chi connectivity index (χ1n) is 8.13. The number of nitrogens with one attached hydrogen (secondary N) is 1. The van der Waals surface area contributed by atoms with E-state index >= 15 is 0 Å². The van der Waals surface area contributed by atoms with Crippen LogP contribution in [0.4, 0.5) is 0 Å². The van der Waals surface area contributed by atoms with Gasteiger partial charge in [0.1, 0.15) is 0 Å². The summed E-state index contributed by atoms with van der Waals surface area (Å²) in [5.41, 5.74) is 0.450. The molecule has 0 saturated carbocycles. The summed E-state index contributed by atoms with van der Waals surface area (Å²) in [5.74, 6) is 0. The van der Waals surface area contributed by atoms with E-state index < -0.39 is 0 Å². The van der Waals surface area contributed by atoms with Gasteiger partial charge in [-0.2, -0.15) is 0 Å². The van der Waals surface area contributed by atoms with Crippen molar-refractivity contribution in [1.29, 1.82) is 0 Å². The van der Waals surface area contributed by atoms with Crippen LogP contribution in [0.1, 0.15) is 47.5 Å². The van der Waals surface area contributed by atoms with Crippen LogP contribution in [0, 0.1) is 5.41 Å². The Labute approximate surface area is 120 Å². The molecule has 1 fully saturated rings. The van der Waals surface area contributed by atoms with Crippen molar-refractivity contribution >= 4 is 0 Å². The van der Waals surface area contributed by atoms with E-state index in [1.807, 2.05) is 0 Å². The minimum atomic E-state index is 0.450. The number of hydrogen-bond donors (Lipinski definition) is 1. The molecule has 1 heterocycles. The highest BCUT2D eigenvalue weighted by atomic mass is 15.3. The van der Waals surface area contributed by atoms with Gasteiger partial charge < -0.3 is 5.32 Å². The molecule has 0 radical (unpaired) electrons. The lowest BCUT2D eigenvalue weighted by Crippen LogP contribution is -2.57. The van der Waals surface area contributed by atoms with E-state index in [1.165, 1.54) is 32.5 Å². The van der Waals surface area contributed by atoms with E-state index in [4.69, 9.17) is 0 Å². The molecule has 0 amide bonds. The van der Waals surface area contributed by atoms with E-state index in [-0.39, 0.29) is 0 Å². The van der Waals surface area contributed by atoms with Gasteiger partial charge in [0.2, 0.25) is 0 Å². The van der Waals surface area contributed by atoms with Crippen molar-refractivity contribution in [3.05, 3.63) is 0 Å². The maximum absolute atomic E-state index is 3.57. The lowest BCUT2D eigenvalue weighted by molar-refractivity contribution is 0.0284. The fourth-order valence-electron chi connectivity index (χ4n) is 3.29. The predicted molar refractivity (Wildman–Crippen MR) is 84.7 cm³/mol. The third-order valence-corrected chi connectivity index (χ3v) is 5.24. The van der Waals surface area contributed by atoms with Crippen LogP contribution in [0.2, 0.25) is 0 Å². The third-order valence-electron chi connectivity index (χ3n) is 5.24. The van der Waals surface area contributed by atoms with Crippen molar-refractivity contribution in [3.8, 4) is 0 Å². The van der Waals surface area contributed by atoms with E-state index in [2.05, 4.69) is 56.8 Å². The van der Waals surface area contributed by atoms with Crippen LogP contribution in [-0.4, -0.2) is 61.7 Å². The van der Waals surface area contributed by atoms with E-state index in [0.717, 1.165) is 13.1 Å². The minimum Gasteiger partial charge on any atom is -0.316 e. The van der Waals surface area contributed by atoms with Crippen molar-refractivity contribution in [2.24, 2.45) is 5.41 Å². The van der Waals surface area contributed by atoms with E-state index in [0.29, 0.717) is 17.5 Å². The molecule has 0 aromatic heterocycles. The lowest BCUT2D eigenvalue weighted by Gasteiger charge is -2.46. The molecule has 1 rings (SSSR count). The van der Waals surface area contributed by atoms with Gasteiger partial charge in [-0.25, -0.2) is 0 Å². The maximum Gasteiger partial charge on any atom is 0.0195 e. The summed E-state index contributed by atoms with van der Waals surface area (Å²) < 4.78 is 0. The summed E-state index contributed by atoms with van der Waals surface area (Å²) in [4.78, 5) is 5.21. The summed E-state index contributed by atoms with van der Waals surface area (Å²) in [6, 6.07) is 1.35. The van der Waals surface area contributed by atoms with Crippen molar-refractivity contribution < 1.29 is 0 Å². The van der Waals surface area contributed by atoms with Crippen LogP contribution in [-0.2, 0) is 0 Å². The van der Waals surface area contributed by atoms with E-state index in [9.17, 15) is 0 Å². The molecule has 114 valence electrons. The summed E-state index contributed by atoms with van der Waals surface area (Å²) in [6.07, 6.45) is 2.54. The largest absolute Gasteiger partial charge is 0.316 e. The summed E-state index contributed by atoms with van der Waals surface area (Å²) in [5, 5.41) is 3.57. The molecule has 1 aliphatic heterocycles. The van der Waals surface area contributed by atoms with Gasteiger partial charge in [-0.3, -0.25) is 9.80 Å². The van der Waals surface area contributed by atoms with Crippen molar-refractivity contribution in [1.82, 2.24) is 15.1 Å². The maximum atomic E-state index is 3.57. The molecule has 0 bridgehead atoms. The molecule has 1 aliphatic rings. The molecular formula is C16H35N3. The molecule has 3 heteroatoms. The smallest absolute Gasteiger partial charge is 0.0195 e. The second-order valence-corrected chi connectivity index (χ2v) is 6.55. The number of nitrogens with zero attached hydrogens (tertiary/aromatic N) is 2. The molecule has 3 nitrogen and oxygen atoms in total. The Bertz CT molecular complexity index is 238. The van der Waals surface area contributed by atoms with Crippen molar-refractivity contribution in [3.63, 3.8) is 0 Å². The molecular weight excluding hydrogens is 234 g/mol. The average molecular weight is 269 g/mol. The topological polar surface area (TPSA) is 18.5 Å². The molecule has 0 aromatic carbocycles. The highest BCUT2D eigenvalue weighted by Crippen LogP contribution is 2.28. The summed E-state index contributed by atoms with van der Waals surface area (Å²) >= 11 is 0. The van der Waals surface area contributed by atoms with Crippen molar-refractivity contribution in [2.45, 2.75) is 59.5 Å². The highest BCUT2D eigenvalue weighted by molar-refractivity contribution is 4.88. The number of piperazine rings is 1. The zero-order chi connectivity index (χ0) is 14.5. The molecule has 1 saturated heterocycles. The molecule has 1 N–H and O–H groups in total. The molecule has 0 aromatic rings. The average Bonchev–Trinajstić information content (AvgIpc) is 2.41. The first-order chi connectivity index (χ1) is 8.98. The normalized spacial score (nSPS) is 26.8. The van der Waals surface area contributed by atoms with Gasteiger partial charge in [0, 0.05) is 38.3 Å². The van der Waals surface area contributed by atoms with Gasteiger partial charge in [0.15, 0.2) is 0 Å². The number of likely N-dealkylation sites (N-methyl/N-ethyl adjacent to an activating group) is 1. The SMILES string of the molecule is CCNCC(CC)(CC)CN1CC(C)N(C)C(C)C1. The first kappa shape index (κ1) is 16.9. The van der Waals surface area contributed by atoms with Crippen LogP contribution in [0.25, 0.3) is 0 Å². The van der Waals surface area contributed by atoms with Gasteiger partial charge in [-0.15, -0.1) is 0 Å². The Kier molecular flexibility index (Phi) is 6.78. The standard InChI is InChI=1S/C16H35N3/c1-7-16(8-2,12-17-9-3)13-19-10-14(4)18(6)15(5)11-19/h14-15,17H,7-13H2,1-6H3. The zero-order valence-electron chi connectivity index (χ0n) is 14.0. The minimum absolute atomic E-state index is 0.450. The second-order valence-electron chi connectivity index (χ2n) is 6.55. The molecule has 0 aliphatic carbocycles. The van der Waals surface area contributed by atoms with Gasteiger partial charge in [-0.1, -0.05) is 20.8 Å². The predicted octanol–water partition coefficient (Wildman–Crippen LogP) is 2.43. The van der Waals surface area contributed by atoms with E-state index in [1.54, 1.807) is 0 Å². The Morgan fingerprint density at radius 3 is 2.00 bits per heavy atom. The third kappa shape index (κ3) is 4.44. The van der Waals surface area contributed by atoms with Crippen LogP contribution < -0.4 is 5.32 Å².